The van der Waals surface area contributed by atoms with Gasteiger partial charge in [-0.1, -0.05) is 6.07 Å². The van der Waals surface area contributed by atoms with E-state index in [-0.39, 0.29) is 17.0 Å². The van der Waals surface area contributed by atoms with Crippen LogP contribution in [0.5, 0.6) is 5.75 Å². The fourth-order valence-electron chi connectivity index (χ4n) is 4.30. The van der Waals surface area contributed by atoms with Crippen molar-refractivity contribution in [3.63, 3.8) is 0 Å². The molecule has 2 saturated heterocycles. The number of halogens is 2. The largest absolute Gasteiger partial charge is 0.497 e. The van der Waals surface area contributed by atoms with E-state index in [0.717, 1.165) is 25.9 Å². The van der Waals surface area contributed by atoms with Crippen molar-refractivity contribution < 1.29 is 18.3 Å². The van der Waals surface area contributed by atoms with Crippen molar-refractivity contribution in [1.82, 2.24) is 10.2 Å². The number of fused-ring (bicyclic) bond motifs is 1. The zero-order valence-corrected chi connectivity index (χ0v) is 15.9. The minimum atomic E-state index is -0.621. The summed E-state index contributed by atoms with van der Waals surface area (Å²) in [5, 5.41) is 3.41. The van der Waals surface area contributed by atoms with Crippen molar-refractivity contribution in [2.45, 2.75) is 12.8 Å². The topological polar surface area (TPSA) is 41.6 Å². The van der Waals surface area contributed by atoms with Crippen LogP contribution in [0.25, 0.3) is 11.1 Å². The summed E-state index contributed by atoms with van der Waals surface area (Å²) in [6, 6.07) is 8.72. The lowest BCUT2D eigenvalue weighted by Gasteiger charge is -2.21. The Labute approximate surface area is 163 Å². The Morgan fingerprint density at radius 2 is 1.75 bits per heavy atom. The summed E-state index contributed by atoms with van der Waals surface area (Å²) in [6.45, 7) is 3.30. The first kappa shape index (κ1) is 18.9. The zero-order chi connectivity index (χ0) is 19.7. The molecular weight excluding hydrogens is 362 g/mol. The maximum Gasteiger partial charge on any atom is 0.256 e. The van der Waals surface area contributed by atoms with Crippen molar-refractivity contribution in [1.29, 1.82) is 0 Å². The van der Waals surface area contributed by atoms with Crippen LogP contribution in [0, 0.1) is 23.5 Å². The zero-order valence-electron chi connectivity index (χ0n) is 15.9. The highest BCUT2D eigenvalue weighted by Crippen LogP contribution is 2.30. The van der Waals surface area contributed by atoms with Gasteiger partial charge in [-0.2, -0.15) is 0 Å². The number of amides is 1. The van der Waals surface area contributed by atoms with Gasteiger partial charge in [-0.15, -0.1) is 0 Å². The lowest BCUT2D eigenvalue weighted by atomic mass is 9.92. The molecule has 0 saturated carbocycles. The fraction of sp³-hybridized carbons (Fsp3) is 0.409. The predicted octanol–water partition coefficient (Wildman–Crippen LogP) is 3.71. The fourth-order valence-corrected chi connectivity index (χ4v) is 4.30. The van der Waals surface area contributed by atoms with Gasteiger partial charge in [0.05, 0.1) is 12.7 Å². The van der Waals surface area contributed by atoms with Gasteiger partial charge in [0.25, 0.3) is 5.91 Å². The molecule has 0 aromatic heterocycles. The van der Waals surface area contributed by atoms with Gasteiger partial charge in [0.1, 0.15) is 17.4 Å². The number of ether oxygens (including phenoxy) is 1. The van der Waals surface area contributed by atoms with E-state index in [0.29, 0.717) is 36.2 Å². The molecule has 2 aromatic carbocycles. The Bertz CT molecular complexity index is 873. The number of hydrogen-bond donors (Lipinski definition) is 1. The van der Waals surface area contributed by atoms with Crippen LogP contribution in [0.15, 0.2) is 36.4 Å². The summed E-state index contributed by atoms with van der Waals surface area (Å²) in [7, 11) is 1.46. The molecule has 2 fully saturated rings. The van der Waals surface area contributed by atoms with Gasteiger partial charge in [0.2, 0.25) is 0 Å². The van der Waals surface area contributed by atoms with E-state index >= 15 is 0 Å². The van der Waals surface area contributed by atoms with Gasteiger partial charge >= 0.3 is 0 Å². The van der Waals surface area contributed by atoms with Crippen molar-refractivity contribution >= 4 is 5.91 Å². The molecule has 0 spiro atoms. The van der Waals surface area contributed by atoms with Crippen molar-refractivity contribution in [2.75, 3.05) is 33.3 Å². The van der Waals surface area contributed by atoms with Crippen molar-refractivity contribution in [3.05, 3.63) is 53.6 Å². The molecule has 2 aliphatic rings. The molecule has 1 amide bonds. The molecule has 28 heavy (non-hydrogen) atoms. The number of benzene rings is 2. The summed E-state index contributed by atoms with van der Waals surface area (Å²) in [5.74, 6) is 0.197. The monoisotopic (exact) mass is 386 g/mol. The summed E-state index contributed by atoms with van der Waals surface area (Å²) < 4.78 is 34.0. The van der Waals surface area contributed by atoms with Crippen LogP contribution in [-0.4, -0.2) is 44.1 Å². The lowest BCUT2D eigenvalue weighted by Crippen LogP contribution is -2.33. The van der Waals surface area contributed by atoms with Gasteiger partial charge in [-0.25, -0.2) is 8.78 Å². The van der Waals surface area contributed by atoms with E-state index in [2.05, 4.69) is 5.32 Å². The highest BCUT2D eigenvalue weighted by molar-refractivity contribution is 5.95. The Morgan fingerprint density at radius 3 is 2.36 bits per heavy atom. The van der Waals surface area contributed by atoms with Gasteiger partial charge in [-0.05, 0) is 67.6 Å². The summed E-state index contributed by atoms with van der Waals surface area (Å²) in [6.07, 6.45) is 1.89. The number of hydrogen-bond acceptors (Lipinski definition) is 3. The van der Waals surface area contributed by atoms with Crippen LogP contribution in [0.4, 0.5) is 8.78 Å². The molecule has 2 aliphatic heterocycles. The third-order valence-electron chi connectivity index (χ3n) is 5.99. The number of nitrogens with zero attached hydrogens (tertiary/aromatic N) is 1. The quantitative estimate of drug-likeness (QED) is 0.874. The molecule has 2 atom stereocenters. The summed E-state index contributed by atoms with van der Waals surface area (Å²) in [4.78, 5) is 14.6. The number of carbonyl (C=O) groups is 1. The van der Waals surface area contributed by atoms with Gasteiger partial charge in [-0.3, -0.25) is 4.79 Å². The SMILES string of the molecule is COc1ccc(-c2ccc(C(=O)N3CC[C@@H]4CNC[C@@H]4CC3)c(F)c2)c(F)c1. The second-order valence-electron chi connectivity index (χ2n) is 7.59. The molecular formula is C22H24F2N2O2. The highest BCUT2D eigenvalue weighted by Gasteiger charge is 2.32. The molecule has 4 nitrogen and oxygen atoms in total. The molecule has 2 heterocycles. The van der Waals surface area contributed by atoms with E-state index < -0.39 is 11.6 Å². The van der Waals surface area contributed by atoms with Crippen LogP contribution >= 0.6 is 0 Å². The molecule has 0 aliphatic carbocycles. The number of carbonyl (C=O) groups excluding carboxylic acids is 1. The highest BCUT2D eigenvalue weighted by atomic mass is 19.1. The number of likely N-dealkylation sites (tertiary alicyclic amines) is 1. The Hall–Kier alpha value is -2.47. The molecule has 0 bridgehead atoms. The predicted molar refractivity (Wildman–Crippen MR) is 103 cm³/mol. The van der Waals surface area contributed by atoms with Crippen molar-refractivity contribution in [3.8, 4) is 16.9 Å². The second kappa shape index (κ2) is 7.87. The van der Waals surface area contributed by atoms with Gasteiger partial charge < -0.3 is 15.0 Å². The van der Waals surface area contributed by atoms with E-state index in [1.807, 2.05) is 0 Å². The number of nitrogens with one attached hydrogen (secondary N) is 1. The maximum atomic E-state index is 14.7. The van der Waals surface area contributed by atoms with Gasteiger partial charge in [0.15, 0.2) is 0 Å². The Morgan fingerprint density at radius 1 is 1.04 bits per heavy atom. The second-order valence-corrected chi connectivity index (χ2v) is 7.59. The third-order valence-corrected chi connectivity index (χ3v) is 5.99. The molecule has 2 aromatic rings. The molecule has 0 unspecified atom stereocenters. The third kappa shape index (κ3) is 3.61. The van der Waals surface area contributed by atoms with E-state index in [9.17, 15) is 13.6 Å². The lowest BCUT2D eigenvalue weighted by molar-refractivity contribution is 0.0754. The first-order chi connectivity index (χ1) is 13.6. The van der Waals surface area contributed by atoms with Crippen LogP contribution in [0.1, 0.15) is 23.2 Å². The average molecular weight is 386 g/mol. The van der Waals surface area contributed by atoms with E-state index in [1.54, 1.807) is 23.1 Å². The normalized spacial score (nSPS) is 21.9. The van der Waals surface area contributed by atoms with E-state index in [4.69, 9.17) is 4.74 Å². The molecule has 6 heteroatoms. The van der Waals surface area contributed by atoms with Crippen LogP contribution < -0.4 is 10.1 Å². The maximum absolute atomic E-state index is 14.7. The standard InChI is InChI=1S/C22H24F2N2O2/c1-28-17-3-5-18(21(24)11-17)14-2-4-19(20(23)10-14)22(27)26-8-6-15-12-25-13-16(15)7-9-26/h2-5,10-11,15-16,25H,6-9,12-13H2,1H3/t15-,16+. The Balaban J connectivity index is 1.53. The van der Waals surface area contributed by atoms with Gasteiger partial charge in [0, 0.05) is 24.7 Å². The molecule has 4 rings (SSSR count). The Kier molecular flexibility index (Phi) is 5.31. The van der Waals surface area contributed by atoms with Crippen LogP contribution in [0.2, 0.25) is 0 Å². The number of methoxy groups -OCH3 is 1. The minimum Gasteiger partial charge on any atom is -0.497 e. The van der Waals surface area contributed by atoms with Crippen molar-refractivity contribution in [2.24, 2.45) is 11.8 Å². The number of rotatable bonds is 3. The summed E-state index contributed by atoms with van der Waals surface area (Å²) >= 11 is 0. The molecule has 148 valence electrons. The smallest absolute Gasteiger partial charge is 0.256 e. The van der Waals surface area contributed by atoms with Crippen LogP contribution in [-0.2, 0) is 0 Å². The minimum absolute atomic E-state index is 0.0443. The van der Waals surface area contributed by atoms with E-state index in [1.165, 1.54) is 25.3 Å². The molecule has 0 radical (unpaired) electrons. The molecule has 1 N–H and O–H groups in total. The summed E-state index contributed by atoms with van der Waals surface area (Å²) in [5.41, 5.74) is 0.710. The van der Waals surface area contributed by atoms with Crippen LogP contribution in [0.3, 0.4) is 0 Å². The first-order valence-corrected chi connectivity index (χ1v) is 9.70. The first-order valence-electron chi connectivity index (χ1n) is 9.70. The average Bonchev–Trinajstić information content (AvgIpc) is 3.05.